The fourth-order valence-corrected chi connectivity index (χ4v) is 6.73. The molecule has 4 aromatic carbocycles. The number of hydrogen-bond donors (Lipinski definition) is 1. The Bertz CT molecular complexity index is 1730. The molecular formula is C36H40BrN3O5S. The molecular weight excluding hydrogens is 666 g/mol. The Morgan fingerprint density at radius 1 is 0.870 bits per heavy atom. The minimum absolute atomic E-state index is 0.0551. The highest BCUT2D eigenvalue weighted by molar-refractivity contribution is 9.10. The van der Waals surface area contributed by atoms with E-state index in [-0.39, 0.29) is 29.7 Å². The summed E-state index contributed by atoms with van der Waals surface area (Å²) in [5, 5.41) is 3.00. The van der Waals surface area contributed by atoms with Crippen molar-refractivity contribution in [1.29, 1.82) is 0 Å². The van der Waals surface area contributed by atoms with Crippen molar-refractivity contribution < 1.29 is 22.7 Å². The highest BCUT2D eigenvalue weighted by atomic mass is 79.9. The van der Waals surface area contributed by atoms with E-state index in [1.165, 1.54) is 17.0 Å². The average molecular weight is 707 g/mol. The van der Waals surface area contributed by atoms with E-state index in [0.29, 0.717) is 22.5 Å². The molecule has 8 nitrogen and oxygen atoms in total. The summed E-state index contributed by atoms with van der Waals surface area (Å²) in [6, 6.07) is 29.1. The second-order valence-corrected chi connectivity index (χ2v) is 14.3. The van der Waals surface area contributed by atoms with E-state index in [2.05, 4.69) is 21.2 Å². The Hall–Kier alpha value is -4.15. The van der Waals surface area contributed by atoms with Crippen LogP contribution in [0.3, 0.4) is 0 Å². The van der Waals surface area contributed by atoms with Crippen molar-refractivity contribution >= 4 is 43.5 Å². The van der Waals surface area contributed by atoms with Gasteiger partial charge in [-0.2, -0.15) is 0 Å². The first-order chi connectivity index (χ1) is 22.0. The lowest BCUT2D eigenvalue weighted by molar-refractivity contribution is -0.140. The second kappa shape index (κ2) is 15.9. The number of carbonyl (C=O) groups is 2. The summed E-state index contributed by atoms with van der Waals surface area (Å²) < 4.78 is 35.5. The maximum Gasteiger partial charge on any atom is 0.264 e. The minimum atomic E-state index is -4.18. The number of carbonyl (C=O) groups excluding carboxylic acids is 2. The number of nitrogens with one attached hydrogen (secondary N) is 1. The van der Waals surface area contributed by atoms with Crippen LogP contribution < -0.4 is 14.4 Å². The van der Waals surface area contributed by atoms with Gasteiger partial charge in [0.05, 0.1) is 17.7 Å². The molecule has 0 bridgehead atoms. The average Bonchev–Trinajstić information content (AvgIpc) is 3.04. The van der Waals surface area contributed by atoms with Crippen LogP contribution in [0.4, 0.5) is 5.69 Å². The number of ether oxygens (including phenoxy) is 1. The van der Waals surface area contributed by atoms with Gasteiger partial charge in [-0.3, -0.25) is 13.9 Å². The summed E-state index contributed by atoms with van der Waals surface area (Å²) in [5.74, 6) is -0.0506. The molecule has 1 N–H and O–H groups in total. The van der Waals surface area contributed by atoms with Crippen molar-refractivity contribution in [2.75, 3.05) is 24.5 Å². The van der Waals surface area contributed by atoms with E-state index >= 15 is 0 Å². The molecule has 0 aliphatic heterocycles. The Balaban J connectivity index is 1.81. The smallest absolute Gasteiger partial charge is 0.264 e. The number of hydrogen-bond acceptors (Lipinski definition) is 5. The summed E-state index contributed by atoms with van der Waals surface area (Å²) in [5.41, 5.74) is 2.82. The predicted molar refractivity (Wildman–Crippen MR) is 185 cm³/mol. The number of aryl methyl sites for hydroxylation is 1. The quantitative estimate of drug-likeness (QED) is 0.164. The van der Waals surface area contributed by atoms with Crippen LogP contribution in [0.1, 0.15) is 30.5 Å². The number of halogens is 1. The number of methoxy groups -OCH3 is 1. The molecule has 0 spiro atoms. The largest absolute Gasteiger partial charge is 0.497 e. The van der Waals surface area contributed by atoms with Crippen LogP contribution in [-0.4, -0.2) is 51.4 Å². The maximum atomic E-state index is 14.6. The summed E-state index contributed by atoms with van der Waals surface area (Å²) in [4.78, 5) is 30.0. The fraction of sp³-hybridized carbons (Fsp3) is 0.278. The minimum Gasteiger partial charge on any atom is -0.497 e. The van der Waals surface area contributed by atoms with Gasteiger partial charge in [-0.15, -0.1) is 0 Å². The number of amides is 2. The van der Waals surface area contributed by atoms with Crippen molar-refractivity contribution in [3.63, 3.8) is 0 Å². The molecule has 2 amide bonds. The van der Waals surface area contributed by atoms with Gasteiger partial charge in [-0.1, -0.05) is 96.0 Å². The molecule has 4 rings (SSSR count). The number of anilines is 1. The van der Waals surface area contributed by atoms with Crippen molar-refractivity contribution in [1.82, 2.24) is 10.2 Å². The van der Waals surface area contributed by atoms with Crippen LogP contribution in [0.5, 0.6) is 5.75 Å². The van der Waals surface area contributed by atoms with Crippen molar-refractivity contribution in [3.05, 3.63) is 124 Å². The van der Waals surface area contributed by atoms with Crippen LogP contribution in [-0.2, 0) is 32.6 Å². The van der Waals surface area contributed by atoms with E-state index < -0.39 is 28.5 Å². The molecule has 46 heavy (non-hydrogen) atoms. The van der Waals surface area contributed by atoms with Gasteiger partial charge in [-0.05, 0) is 66.4 Å². The number of sulfonamides is 1. The molecule has 1 atom stereocenters. The van der Waals surface area contributed by atoms with E-state index in [9.17, 15) is 18.0 Å². The molecule has 0 saturated heterocycles. The molecule has 4 aromatic rings. The zero-order valence-corrected chi connectivity index (χ0v) is 28.9. The zero-order valence-electron chi connectivity index (χ0n) is 26.5. The van der Waals surface area contributed by atoms with Gasteiger partial charge in [0, 0.05) is 24.0 Å². The summed E-state index contributed by atoms with van der Waals surface area (Å²) in [6.07, 6.45) is 0.238. The predicted octanol–water partition coefficient (Wildman–Crippen LogP) is 6.37. The molecule has 0 saturated carbocycles. The maximum absolute atomic E-state index is 14.6. The number of rotatable bonds is 14. The molecule has 10 heteroatoms. The first-order valence-electron chi connectivity index (χ1n) is 15.1. The van der Waals surface area contributed by atoms with Crippen LogP contribution in [0.2, 0.25) is 0 Å². The Kier molecular flexibility index (Phi) is 12.0. The van der Waals surface area contributed by atoms with Crippen LogP contribution in [0.25, 0.3) is 0 Å². The first-order valence-corrected chi connectivity index (χ1v) is 17.3. The fourth-order valence-electron chi connectivity index (χ4n) is 4.94. The highest BCUT2D eigenvalue weighted by Gasteiger charge is 2.34. The topological polar surface area (TPSA) is 96.0 Å². The van der Waals surface area contributed by atoms with Crippen LogP contribution in [0, 0.1) is 12.8 Å². The number of nitrogens with zero attached hydrogens (tertiary/aromatic N) is 2. The summed E-state index contributed by atoms with van der Waals surface area (Å²) in [7, 11) is -2.62. The number of benzene rings is 4. The summed E-state index contributed by atoms with van der Waals surface area (Å²) >= 11 is 3.44. The van der Waals surface area contributed by atoms with E-state index in [1.54, 1.807) is 55.6 Å². The Labute approximate surface area is 280 Å². The van der Waals surface area contributed by atoms with E-state index in [1.807, 2.05) is 63.2 Å². The molecule has 1 unspecified atom stereocenters. The molecule has 0 heterocycles. The van der Waals surface area contributed by atoms with Crippen LogP contribution in [0.15, 0.2) is 112 Å². The Morgan fingerprint density at radius 3 is 2.20 bits per heavy atom. The van der Waals surface area contributed by atoms with Gasteiger partial charge in [0.25, 0.3) is 10.0 Å². The van der Waals surface area contributed by atoms with Gasteiger partial charge in [0.1, 0.15) is 18.3 Å². The second-order valence-electron chi connectivity index (χ2n) is 11.5. The van der Waals surface area contributed by atoms with Crippen molar-refractivity contribution in [2.45, 2.75) is 44.7 Å². The zero-order chi connectivity index (χ0) is 33.3. The lowest BCUT2D eigenvalue weighted by Gasteiger charge is -2.34. The molecule has 0 aliphatic carbocycles. The van der Waals surface area contributed by atoms with E-state index in [0.717, 1.165) is 21.0 Å². The van der Waals surface area contributed by atoms with Crippen LogP contribution >= 0.6 is 15.9 Å². The first kappa shape index (κ1) is 34.7. The Morgan fingerprint density at radius 2 is 1.54 bits per heavy atom. The third-order valence-corrected chi connectivity index (χ3v) is 9.71. The lowest BCUT2D eigenvalue weighted by Crippen LogP contribution is -2.53. The monoisotopic (exact) mass is 705 g/mol. The molecule has 0 radical (unpaired) electrons. The highest BCUT2D eigenvalue weighted by Crippen LogP contribution is 2.28. The molecule has 0 fully saturated rings. The third-order valence-electron chi connectivity index (χ3n) is 7.43. The van der Waals surface area contributed by atoms with Gasteiger partial charge in [0.15, 0.2) is 0 Å². The van der Waals surface area contributed by atoms with Crippen molar-refractivity contribution in [2.24, 2.45) is 5.92 Å². The SMILES string of the molecule is COc1cccc(CN(C(=O)CN(c2cccc(Br)c2)S(=O)(=O)c2ccc(C)cc2)C(Cc2ccccc2)C(=O)NCC(C)C)c1. The lowest BCUT2D eigenvalue weighted by atomic mass is 10.0. The third kappa shape index (κ3) is 9.20. The summed E-state index contributed by atoms with van der Waals surface area (Å²) in [6.45, 7) is 5.82. The van der Waals surface area contributed by atoms with Gasteiger partial charge in [-0.25, -0.2) is 8.42 Å². The molecule has 242 valence electrons. The van der Waals surface area contributed by atoms with Gasteiger partial charge >= 0.3 is 0 Å². The standard InChI is InChI=1S/C36H40BrN3O5S/c1-26(2)23-38-36(42)34(21-28-10-6-5-7-11-28)39(24-29-12-8-15-32(20-29)45-4)35(41)25-40(31-14-9-13-30(37)22-31)46(43,44)33-18-16-27(3)17-19-33/h5-20,22,26,34H,21,23-25H2,1-4H3,(H,38,42). The van der Waals surface area contributed by atoms with Gasteiger partial charge < -0.3 is 15.0 Å². The molecule has 0 aromatic heterocycles. The van der Waals surface area contributed by atoms with Crippen molar-refractivity contribution in [3.8, 4) is 5.75 Å². The molecule has 0 aliphatic rings. The van der Waals surface area contributed by atoms with E-state index in [4.69, 9.17) is 4.74 Å². The van der Waals surface area contributed by atoms with Gasteiger partial charge in [0.2, 0.25) is 11.8 Å². The normalized spacial score (nSPS) is 12.0.